The van der Waals surface area contributed by atoms with Crippen molar-refractivity contribution in [3.8, 4) is 12.3 Å². The van der Waals surface area contributed by atoms with E-state index in [2.05, 4.69) is 21.1 Å². The van der Waals surface area contributed by atoms with Crippen LogP contribution in [0.25, 0.3) is 0 Å². The van der Waals surface area contributed by atoms with Gasteiger partial charge in [-0.05, 0) is 37.8 Å². The van der Waals surface area contributed by atoms with E-state index in [1.165, 1.54) is 0 Å². The monoisotopic (exact) mass is 172 g/mol. The fourth-order valence-corrected chi connectivity index (χ4v) is 1.36. The molecular weight excluding hydrogens is 162 g/mol. The van der Waals surface area contributed by atoms with Crippen molar-refractivity contribution in [1.29, 1.82) is 0 Å². The molecule has 0 saturated heterocycles. The summed E-state index contributed by atoms with van der Waals surface area (Å²) >= 11 is 0. The SMILES string of the molecule is C#Cc1nc(C)c(C)c([Si])c1C. The van der Waals surface area contributed by atoms with Gasteiger partial charge in [-0.15, -0.1) is 6.42 Å². The molecule has 0 unspecified atom stereocenters. The molecule has 0 N–H and O–H groups in total. The molecule has 2 heteroatoms. The number of pyridine rings is 1. The van der Waals surface area contributed by atoms with Gasteiger partial charge in [0.25, 0.3) is 0 Å². The Bertz CT molecular complexity index is 361. The van der Waals surface area contributed by atoms with Gasteiger partial charge < -0.3 is 0 Å². The molecule has 1 heterocycles. The van der Waals surface area contributed by atoms with E-state index < -0.39 is 0 Å². The maximum Gasteiger partial charge on any atom is 0.115 e. The number of hydrogen-bond acceptors (Lipinski definition) is 1. The minimum Gasteiger partial charge on any atom is -0.244 e. The molecule has 0 amide bonds. The Morgan fingerprint density at radius 1 is 1.25 bits per heavy atom. The standard InChI is InChI=1S/C10H10NSi/c1-5-9-7(3)10(12)6(2)8(4)11-9/h1H,2-4H3. The molecular formula is C10H10NSi. The van der Waals surface area contributed by atoms with Crippen LogP contribution in [0.3, 0.4) is 0 Å². The van der Waals surface area contributed by atoms with Gasteiger partial charge in [0.05, 0.1) is 10.2 Å². The smallest absolute Gasteiger partial charge is 0.115 e. The molecule has 59 valence electrons. The van der Waals surface area contributed by atoms with Gasteiger partial charge >= 0.3 is 0 Å². The number of terminal acetylenes is 1. The summed E-state index contributed by atoms with van der Waals surface area (Å²) in [6.07, 6.45) is 5.30. The average molecular weight is 172 g/mol. The van der Waals surface area contributed by atoms with Crippen LogP contribution in [-0.2, 0) is 0 Å². The summed E-state index contributed by atoms with van der Waals surface area (Å²) in [4.78, 5) is 4.28. The zero-order valence-corrected chi connectivity index (χ0v) is 8.52. The molecule has 0 saturated carbocycles. The van der Waals surface area contributed by atoms with E-state index in [1.54, 1.807) is 0 Å². The highest BCUT2D eigenvalue weighted by atomic mass is 28.1. The van der Waals surface area contributed by atoms with Crippen LogP contribution in [0.15, 0.2) is 0 Å². The zero-order valence-electron chi connectivity index (χ0n) is 7.52. The quantitative estimate of drug-likeness (QED) is 0.416. The first-order valence-corrected chi connectivity index (χ1v) is 4.24. The zero-order chi connectivity index (χ0) is 9.30. The Morgan fingerprint density at radius 3 is 2.33 bits per heavy atom. The molecule has 0 atom stereocenters. The Kier molecular flexibility index (Phi) is 2.34. The number of aromatic nitrogens is 1. The molecule has 0 aliphatic carbocycles. The van der Waals surface area contributed by atoms with Crippen LogP contribution in [0.2, 0.25) is 0 Å². The Labute approximate surface area is 76.6 Å². The maximum absolute atomic E-state index is 5.30. The van der Waals surface area contributed by atoms with Crippen molar-refractivity contribution in [1.82, 2.24) is 4.98 Å². The highest BCUT2D eigenvalue weighted by molar-refractivity contribution is 6.34. The van der Waals surface area contributed by atoms with E-state index in [9.17, 15) is 0 Å². The highest BCUT2D eigenvalue weighted by Crippen LogP contribution is 2.06. The molecule has 3 radical (unpaired) electrons. The van der Waals surface area contributed by atoms with Gasteiger partial charge in [0.2, 0.25) is 0 Å². The van der Waals surface area contributed by atoms with Gasteiger partial charge in [-0.2, -0.15) is 0 Å². The van der Waals surface area contributed by atoms with Crippen LogP contribution in [0, 0.1) is 33.1 Å². The summed E-state index contributed by atoms with van der Waals surface area (Å²) in [7, 11) is 3.54. The molecule has 1 rings (SSSR count). The lowest BCUT2D eigenvalue weighted by Crippen LogP contribution is -2.16. The molecule has 0 spiro atoms. The van der Waals surface area contributed by atoms with Gasteiger partial charge in [0, 0.05) is 5.69 Å². The van der Waals surface area contributed by atoms with Gasteiger partial charge in [0.1, 0.15) is 5.69 Å². The number of nitrogens with zero attached hydrogens (tertiary/aromatic N) is 1. The summed E-state index contributed by atoms with van der Waals surface area (Å²) in [5.74, 6) is 2.56. The molecule has 0 fully saturated rings. The first-order chi connectivity index (χ1) is 5.57. The molecule has 0 aliphatic rings. The van der Waals surface area contributed by atoms with Gasteiger partial charge in [-0.25, -0.2) is 4.98 Å². The predicted molar refractivity (Wildman–Crippen MR) is 51.8 cm³/mol. The number of hydrogen-bond donors (Lipinski definition) is 0. The van der Waals surface area contributed by atoms with Crippen molar-refractivity contribution in [2.45, 2.75) is 20.8 Å². The van der Waals surface area contributed by atoms with E-state index in [1.807, 2.05) is 20.8 Å². The van der Waals surface area contributed by atoms with Crippen molar-refractivity contribution >= 4 is 15.4 Å². The van der Waals surface area contributed by atoms with Crippen molar-refractivity contribution < 1.29 is 0 Å². The Balaban J connectivity index is 3.52. The molecule has 1 aromatic rings. The fourth-order valence-electron chi connectivity index (χ4n) is 1.06. The first-order valence-electron chi connectivity index (χ1n) is 3.74. The Morgan fingerprint density at radius 2 is 1.83 bits per heavy atom. The van der Waals surface area contributed by atoms with E-state index >= 15 is 0 Å². The van der Waals surface area contributed by atoms with Crippen LogP contribution >= 0.6 is 0 Å². The molecule has 12 heavy (non-hydrogen) atoms. The van der Waals surface area contributed by atoms with Gasteiger partial charge in [-0.1, -0.05) is 5.19 Å². The summed E-state index contributed by atoms with van der Waals surface area (Å²) in [6, 6.07) is 0. The summed E-state index contributed by atoms with van der Waals surface area (Å²) in [5.41, 5.74) is 3.90. The van der Waals surface area contributed by atoms with E-state index in [0.717, 1.165) is 27.7 Å². The number of rotatable bonds is 0. The van der Waals surface area contributed by atoms with Crippen molar-refractivity contribution in [3.63, 3.8) is 0 Å². The lowest BCUT2D eigenvalue weighted by Gasteiger charge is -2.08. The summed E-state index contributed by atoms with van der Waals surface area (Å²) < 4.78 is 0. The average Bonchev–Trinajstić information content (AvgIpc) is 2.08. The first kappa shape index (κ1) is 9.02. The van der Waals surface area contributed by atoms with Crippen molar-refractivity contribution in [2.75, 3.05) is 0 Å². The van der Waals surface area contributed by atoms with Crippen LogP contribution in [0.5, 0.6) is 0 Å². The Hall–Kier alpha value is -1.07. The predicted octanol–water partition coefficient (Wildman–Crippen LogP) is 0.782. The number of aryl methyl sites for hydroxylation is 1. The summed E-state index contributed by atoms with van der Waals surface area (Å²) in [6.45, 7) is 5.95. The van der Waals surface area contributed by atoms with Crippen LogP contribution < -0.4 is 5.19 Å². The molecule has 0 aliphatic heterocycles. The molecule has 0 aromatic carbocycles. The second kappa shape index (κ2) is 3.12. The van der Waals surface area contributed by atoms with Crippen molar-refractivity contribution in [2.24, 2.45) is 0 Å². The highest BCUT2D eigenvalue weighted by Gasteiger charge is 2.05. The summed E-state index contributed by atoms with van der Waals surface area (Å²) in [5, 5.41) is 1.07. The molecule has 1 nitrogen and oxygen atoms in total. The largest absolute Gasteiger partial charge is 0.244 e. The van der Waals surface area contributed by atoms with Crippen LogP contribution in [0.4, 0.5) is 0 Å². The minimum atomic E-state index is 0.725. The topological polar surface area (TPSA) is 12.9 Å². The minimum absolute atomic E-state index is 0.725. The van der Waals surface area contributed by atoms with Crippen LogP contribution in [0.1, 0.15) is 22.5 Å². The van der Waals surface area contributed by atoms with Crippen LogP contribution in [-0.4, -0.2) is 15.2 Å². The van der Waals surface area contributed by atoms with E-state index in [4.69, 9.17) is 6.42 Å². The van der Waals surface area contributed by atoms with E-state index in [0.29, 0.717) is 0 Å². The fraction of sp³-hybridized carbons (Fsp3) is 0.300. The second-order valence-corrected chi connectivity index (χ2v) is 3.32. The second-order valence-electron chi connectivity index (χ2n) is 2.82. The molecule has 0 bridgehead atoms. The lowest BCUT2D eigenvalue weighted by molar-refractivity contribution is 1.12. The van der Waals surface area contributed by atoms with E-state index in [-0.39, 0.29) is 0 Å². The molecule has 1 aromatic heterocycles. The maximum atomic E-state index is 5.30. The lowest BCUT2D eigenvalue weighted by atomic mass is 10.1. The third kappa shape index (κ3) is 1.28. The van der Waals surface area contributed by atoms with Crippen molar-refractivity contribution in [3.05, 3.63) is 22.5 Å². The normalized spacial score (nSPS) is 9.58. The third-order valence-electron chi connectivity index (χ3n) is 2.06. The van der Waals surface area contributed by atoms with Gasteiger partial charge in [-0.3, -0.25) is 0 Å². The van der Waals surface area contributed by atoms with Gasteiger partial charge in [0.15, 0.2) is 0 Å². The third-order valence-corrected chi connectivity index (χ3v) is 2.81.